The Morgan fingerprint density at radius 1 is 0.914 bits per heavy atom. The summed E-state index contributed by atoms with van der Waals surface area (Å²) in [5.41, 5.74) is 2.37. The summed E-state index contributed by atoms with van der Waals surface area (Å²) in [7, 11) is 1.60. The number of nitrogens with zero attached hydrogens (tertiary/aromatic N) is 1. The number of ether oxygens (including phenoxy) is 1. The first-order chi connectivity index (χ1) is 16.5. The minimum Gasteiger partial charge on any atom is -0.497 e. The maximum absolute atomic E-state index is 13.3. The van der Waals surface area contributed by atoms with Crippen molar-refractivity contribution in [2.45, 2.75) is 58.9 Å². The topological polar surface area (TPSA) is 75.7 Å². The number of ketones is 1. The van der Waals surface area contributed by atoms with Gasteiger partial charge in [-0.25, -0.2) is 0 Å². The molecular weight excluding hydrogens is 440 g/mol. The average molecular weight is 479 g/mol. The molecule has 188 valence electrons. The molecule has 0 aliphatic carbocycles. The number of likely N-dealkylation sites (tertiary alicyclic amines) is 1. The highest BCUT2D eigenvalue weighted by Gasteiger charge is 2.33. The highest BCUT2D eigenvalue weighted by molar-refractivity contribution is 5.99. The molecule has 6 heteroatoms. The van der Waals surface area contributed by atoms with Gasteiger partial charge in [0.1, 0.15) is 11.8 Å². The standard InChI is InChI=1S/C29H38N2O4/c1-19(2)25(30-27(33)22-7-11-23(12-8-22)29(3,4)5)28(34)31-17-15-21(16-18-31)26(32)20-9-13-24(35-6)14-10-20/h7-14,19,21,25H,15-18H2,1-6H3,(H,30,33)/t25-/m0/s1. The molecule has 2 aromatic carbocycles. The Morgan fingerprint density at radius 2 is 1.46 bits per heavy atom. The van der Waals surface area contributed by atoms with E-state index in [1.165, 1.54) is 0 Å². The fourth-order valence-electron chi connectivity index (χ4n) is 4.41. The largest absolute Gasteiger partial charge is 0.497 e. The molecule has 6 nitrogen and oxygen atoms in total. The molecule has 3 rings (SSSR count). The molecule has 0 radical (unpaired) electrons. The SMILES string of the molecule is COc1ccc(C(=O)C2CCN(C(=O)[C@@H](NC(=O)c3ccc(C(C)(C)C)cc3)C(C)C)CC2)cc1. The summed E-state index contributed by atoms with van der Waals surface area (Å²) in [6.45, 7) is 11.3. The number of hydrogen-bond donors (Lipinski definition) is 1. The molecule has 35 heavy (non-hydrogen) atoms. The van der Waals surface area contributed by atoms with Crippen LogP contribution in [0.25, 0.3) is 0 Å². The van der Waals surface area contributed by atoms with Crippen LogP contribution in [-0.2, 0) is 10.2 Å². The van der Waals surface area contributed by atoms with Crippen LogP contribution in [0, 0.1) is 11.8 Å². The first kappa shape index (κ1) is 26.5. The Kier molecular flexibility index (Phi) is 8.36. The van der Waals surface area contributed by atoms with E-state index in [0.717, 1.165) is 5.56 Å². The molecule has 0 unspecified atom stereocenters. The zero-order valence-electron chi connectivity index (χ0n) is 21.8. The first-order valence-corrected chi connectivity index (χ1v) is 12.4. The van der Waals surface area contributed by atoms with Gasteiger partial charge in [0.25, 0.3) is 5.91 Å². The quantitative estimate of drug-likeness (QED) is 0.576. The Hall–Kier alpha value is -3.15. The van der Waals surface area contributed by atoms with E-state index in [1.54, 1.807) is 36.3 Å². The number of carbonyl (C=O) groups is 3. The van der Waals surface area contributed by atoms with Gasteiger partial charge < -0.3 is 15.0 Å². The molecule has 1 heterocycles. The molecule has 1 N–H and O–H groups in total. The van der Waals surface area contributed by atoms with Crippen LogP contribution < -0.4 is 10.1 Å². The smallest absolute Gasteiger partial charge is 0.251 e. The van der Waals surface area contributed by atoms with Gasteiger partial charge in [0.2, 0.25) is 5.91 Å². The molecule has 1 fully saturated rings. The van der Waals surface area contributed by atoms with Crippen LogP contribution in [0.4, 0.5) is 0 Å². The Labute approximate surface area is 209 Å². The minimum atomic E-state index is -0.612. The van der Waals surface area contributed by atoms with Gasteiger partial charge in [-0.1, -0.05) is 46.8 Å². The molecule has 1 aliphatic heterocycles. The van der Waals surface area contributed by atoms with E-state index >= 15 is 0 Å². The van der Waals surface area contributed by atoms with E-state index in [1.807, 2.05) is 38.1 Å². The molecule has 1 saturated heterocycles. The van der Waals surface area contributed by atoms with Crippen LogP contribution >= 0.6 is 0 Å². The Bertz CT molecular complexity index is 1030. The number of rotatable bonds is 7. The molecule has 0 aromatic heterocycles. The summed E-state index contributed by atoms with van der Waals surface area (Å²) in [4.78, 5) is 40.9. The molecule has 1 aliphatic rings. The van der Waals surface area contributed by atoms with Crippen molar-refractivity contribution in [3.05, 3.63) is 65.2 Å². The number of piperidine rings is 1. The highest BCUT2D eigenvalue weighted by Crippen LogP contribution is 2.25. The van der Waals surface area contributed by atoms with Crippen LogP contribution in [0.2, 0.25) is 0 Å². The molecular formula is C29H38N2O4. The van der Waals surface area contributed by atoms with Crippen LogP contribution in [0.15, 0.2) is 48.5 Å². The van der Waals surface area contributed by atoms with Crippen molar-refractivity contribution in [1.29, 1.82) is 0 Å². The third-order valence-corrected chi connectivity index (χ3v) is 6.78. The van der Waals surface area contributed by atoms with Crippen molar-refractivity contribution < 1.29 is 19.1 Å². The number of benzene rings is 2. The van der Waals surface area contributed by atoms with Crippen LogP contribution in [0.3, 0.4) is 0 Å². The van der Waals surface area contributed by atoms with E-state index in [-0.39, 0.29) is 34.8 Å². The van der Waals surface area contributed by atoms with Gasteiger partial charge in [-0.2, -0.15) is 0 Å². The van der Waals surface area contributed by atoms with Gasteiger partial charge in [0, 0.05) is 30.1 Å². The van der Waals surface area contributed by atoms with Crippen molar-refractivity contribution in [1.82, 2.24) is 10.2 Å². The third-order valence-electron chi connectivity index (χ3n) is 6.78. The summed E-state index contributed by atoms with van der Waals surface area (Å²) in [5, 5.41) is 2.95. The normalized spacial score (nSPS) is 15.6. The number of amides is 2. The van der Waals surface area contributed by atoms with E-state index in [0.29, 0.717) is 42.8 Å². The fraction of sp³-hybridized carbons (Fsp3) is 0.483. The number of hydrogen-bond acceptors (Lipinski definition) is 4. The number of carbonyl (C=O) groups excluding carboxylic acids is 3. The predicted octanol–water partition coefficient (Wildman–Crippen LogP) is 4.87. The van der Waals surface area contributed by atoms with Gasteiger partial charge >= 0.3 is 0 Å². The van der Waals surface area contributed by atoms with Gasteiger partial charge in [-0.3, -0.25) is 14.4 Å². The van der Waals surface area contributed by atoms with Crippen LogP contribution in [-0.4, -0.2) is 48.7 Å². The maximum Gasteiger partial charge on any atom is 0.251 e. The maximum atomic E-state index is 13.3. The molecule has 2 aromatic rings. The lowest BCUT2D eigenvalue weighted by molar-refractivity contribution is -0.135. The van der Waals surface area contributed by atoms with E-state index < -0.39 is 6.04 Å². The summed E-state index contributed by atoms with van der Waals surface area (Å²) in [6, 6.07) is 14.1. The molecule has 1 atom stereocenters. The zero-order valence-corrected chi connectivity index (χ0v) is 21.8. The Morgan fingerprint density at radius 3 is 1.94 bits per heavy atom. The van der Waals surface area contributed by atoms with E-state index in [9.17, 15) is 14.4 Å². The van der Waals surface area contributed by atoms with Crippen molar-refractivity contribution in [2.75, 3.05) is 20.2 Å². The van der Waals surface area contributed by atoms with Gasteiger partial charge in [-0.05, 0) is 66.1 Å². The second kappa shape index (κ2) is 11.1. The van der Waals surface area contributed by atoms with Gasteiger partial charge in [0.15, 0.2) is 5.78 Å². The van der Waals surface area contributed by atoms with Crippen LogP contribution in [0.5, 0.6) is 5.75 Å². The number of methoxy groups -OCH3 is 1. The third kappa shape index (κ3) is 6.50. The van der Waals surface area contributed by atoms with Crippen LogP contribution in [0.1, 0.15) is 73.7 Å². The lowest BCUT2D eigenvalue weighted by Gasteiger charge is -2.35. The lowest BCUT2D eigenvalue weighted by atomic mass is 9.86. The summed E-state index contributed by atoms with van der Waals surface area (Å²) >= 11 is 0. The number of Topliss-reactive ketones (excluding diaryl/α,β-unsaturated/α-hetero) is 1. The van der Waals surface area contributed by atoms with Crippen molar-refractivity contribution in [3.8, 4) is 5.75 Å². The fourth-order valence-corrected chi connectivity index (χ4v) is 4.41. The average Bonchev–Trinajstić information content (AvgIpc) is 2.85. The molecule has 2 amide bonds. The highest BCUT2D eigenvalue weighted by atomic mass is 16.5. The van der Waals surface area contributed by atoms with E-state index in [2.05, 4.69) is 26.1 Å². The van der Waals surface area contributed by atoms with Gasteiger partial charge in [0.05, 0.1) is 7.11 Å². The second-order valence-corrected chi connectivity index (χ2v) is 10.7. The predicted molar refractivity (Wildman–Crippen MR) is 138 cm³/mol. The van der Waals surface area contributed by atoms with E-state index in [4.69, 9.17) is 4.74 Å². The molecule has 0 bridgehead atoms. The molecule has 0 spiro atoms. The van der Waals surface area contributed by atoms with Crippen molar-refractivity contribution in [3.63, 3.8) is 0 Å². The first-order valence-electron chi connectivity index (χ1n) is 12.4. The summed E-state index contributed by atoms with van der Waals surface area (Å²) < 4.78 is 5.17. The minimum absolute atomic E-state index is 0.00627. The molecule has 0 saturated carbocycles. The van der Waals surface area contributed by atoms with Gasteiger partial charge in [-0.15, -0.1) is 0 Å². The number of nitrogens with one attached hydrogen (secondary N) is 1. The summed E-state index contributed by atoms with van der Waals surface area (Å²) in [6.07, 6.45) is 1.23. The zero-order chi connectivity index (χ0) is 25.8. The second-order valence-electron chi connectivity index (χ2n) is 10.7. The lowest BCUT2D eigenvalue weighted by Crippen LogP contribution is -2.53. The Balaban J connectivity index is 1.60. The van der Waals surface area contributed by atoms with Crippen molar-refractivity contribution >= 4 is 17.6 Å². The monoisotopic (exact) mass is 478 g/mol. The summed E-state index contributed by atoms with van der Waals surface area (Å²) in [5.74, 6) is 0.318. The van der Waals surface area contributed by atoms with Crippen molar-refractivity contribution in [2.24, 2.45) is 11.8 Å².